The highest BCUT2D eigenvalue weighted by Crippen LogP contribution is 2.17. The van der Waals surface area contributed by atoms with Gasteiger partial charge in [-0.25, -0.2) is 14.4 Å². The third-order valence-corrected chi connectivity index (χ3v) is 3.95. The number of carbonyl (C=O) groups excluding carboxylic acids is 2. The number of aliphatic carboxylic acids is 1. The fraction of sp³-hybridized carbons (Fsp3) is 0.500. The molecule has 2 amide bonds. The highest BCUT2D eigenvalue weighted by molar-refractivity contribution is 6.28. The van der Waals surface area contributed by atoms with Gasteiger partial charge in [0.05, 0.1) is 13.2 Å². The van der Waals surface area contributed by atoms with Crippen molar-refractivity contribution in [2.24, 2.45) is 0 Å². The van der Waals surface area contributed by atoms with E-state index in [0.717, 1.165) is 0 Å². The number of nitrogens with one attached hydrogen (secondary N) is 2. The third kappa shape index (κ3) is 8.23. The largest absolute Gasteiger partial charge is 0.508 e. The van der Waals surface area contributed by atoms with Gasteiger partial charge in [-0.05, 0) is 12.1 Å². The Kier molecular flexibility index (Phi) is 8.99. The Morgan fingerprint density at radius 2 is 1.97 bits per heavy atom. The van der Waals surface area contributed by atoms with Gasteiger partial charge in [0.2, 0.25) is 0 Å². The Bertz CT molecular complexity index is 693. The number of hydrogen-bond acceptors (Lipinski definition) is 8. The van der Waals surface area contributed by atoms with Crippen molar-refractivity contribution in [1.82, 2.24) is 15.5 Å². The van der Waals surface area contributed by atoms with Crippen molar-refractivity contribution < 1.29 is 38.8 Å². The lowest BCUT2D eigenvalue weighted by molar-refractivity contribution is -0.168. The van der Waals surface area contributed by atoms with Crippen LogP contribution in [0.1, 0.15) is 0 Å². The molecule has 2 rings (SSSR count). The number of benzene rings is 1. The number of amides is 2. The molecule has 1 saturated heterocycles. The molecule has 4 N–H and O–H groups in total. The number of morpholine rings is 1. The minimum atomic E-state index is -1.70. The van der Waals surface area contributed by atoms with Crippen molar-refractivity contribution in [2.75, 3.05) is 52.5 Å². The molecule has 1 fully saturated rings. The number of phenolic OH excluding ortho intramolecular Hbond substituents is 1. The van der Waals surface area contributed by atoms with Gasteiger partial charge < -0.3 is 40.0 Å². The van der Waals surface area contributed by atoms with Crippen LogP contribution in [0.4, 0.5) is 4.79 Å². The second-order valence-corrected chi connectivity index (χ2v) is 6.18. The van der Waals surface area contributed by atoms with Crippen molar-refractivity contribution in [2.45, 2.75) is 6.10 Å². The SMILES string of the molecule is O=C(O)C(=O)OC(CNCCNC(=O)N1CCOCC1)COc1cccc(O)c1. The molecule has 0 radical (unpaired) electrons. The molecule has 1 unspecified atom stereocenters. The van der Waals surface area contributed by atoms with Crippen LogP contribution >= 0.6 is 0 Å². The second-order valence-electron chi connectivity index (χ2n) is 6.18. The third-order valence-electron chi connectivity index (χ3n) is 3.95. The molecule has 1 heterocycles. The van der Waals surface area contributed by atoms with Crippen molar-refractivity contribution in [3.05, 3.63) is 24.3 Å². The number of carboxylic acids is 1. The molecule has 0 aliphatic carbocycles. The zero-order valence-electron chi connectivity index (χ0n) is 15.8. The molecule has 29 heavy (non-hydrogen) atoms. The number of aromatic hydroxyl groups is 1. The summed E-state index contributed by atoms with van der Waals surface area (Å²) in [5.41, 5.74) is 0. The molecule has 0 saturated carbocycles. The summed E-state index contributed by atoms with van der Waals surface area (Å²) in [6, 6.07) is 5.85. The lowest BCUT2D eigenvalue weighted by Crippen LogP contribution is -2.48. The maximum Gasteiger partial charge on any atom is 0.417 e. The summed E-state index contributed by atoms with van der Waals surface area (Å²) in [6.45, 7) is 2.83. The van der Waals surface area contributed by atoms with Gasteiger partial charge >= 0.3 is 18.0 Å². The molecule has 160 valence electrons. The Morgan fingerprint density at radius 1 is 1.21 bits per heavy atom. The van der Waals surface area contributed by atoms with Crippen LogP contribution in [-0.2, 0) is 19.1 Å². The van der Waals surface area contributed by atoms with Crippen LogP contribution in [0.15, 0.2) is 24.3 Å². The van der Waals surface area contributed by atoms with E-state index in [9.17, 15) is 19.5 Å². The topological polar surface area (TPSA) is 147 Å². The lowest BCUT2D eigenvalue weighted by Gasteiger charge is -2.27. The fourth-order valence-corrected chi connectivity index (χ4v) is 2.50. The van der Waals surface area contributed by atoms with Gasteiger partial charge in [0.25, 0.3) is 0 Å². The first kappa shape index (κ1) is 22.2. The summed E-state index contributed by atoms with van der Waals surface area (Å²) >= 11 is 0. The second kappa shape index (κ2) is 11.7. The standard InChI is InChI=1S/C18H25N3O8/c22-13-2-1-3-14(10-13)28-12-15(29-17(25)16(23)24)11-19-4-5-20-18(26)21-6-8-27-9-7-21/h1-3,10,15,19,22H,4-9,11-12H2,(H,20,26)(H,23,24). The molecule has 11 heteroatoms. The highest BCUT2D eigenvalue weighted by Gasteiger charge is 2.21. The summed E-state index contributed by atoms with van der Waals surface area (Å²) in [5, 5.41) is 23.9. The van der Waals surface area contributed by atoms with Crippen LogP contribution in [0.3, 0.4) is 0 Å². The average Bonchev–Trinajstić information content (AvgIpc) is 2.71. The van der Waals surface area contributed by atoms with Gasteiger partial charge in [0.15, 0.2) is 0 Å². The predicted octanol–water partition coefficient (Wildman–Crippen LogP) is -0.601. The zero-order valence-corrected chi connectivity index (χ0v) is 15.8. The maximum atomic E-state index is 12.0. The van der Waals surface area contributed by atoms with Gasteiger partial charge in [-0.1, -0.05) is 6.07 Å². The summed E-state index contributed by atoms with van der Waals surface area (Å²) in [6.07, 6.45) is -0.879. The number of rotatable bonds is 9. The number of urea groups is 1. The van der Waals surface area contributed by atoms with E-state index in [1.165, 1.54) is 12.1 Å². The molecule has 0 aromatic heterocycles. The summed E-state index contributed by atoms with van der Waals surface area (Å²) in [4.78, 5) is 35.7. The Balaban J connectivity index is 1.73. The number of carbonyl (C=O) groups is 3. The Morgan fingerprint density at radius 3 is 2.66 bits per heavy atom. The van der Waals surface area contributed by atoms with Gasteiger partial charge in [0, 0.05) is 38.8 Å². The van der Waals surface area contributed by atoms with Crippen LogP contribution in [0, 0.1) is 0 Å². The molecule has 1 aromatic carbocycles. The number of ether oxygens (including phenoxy) is 3. The van der Waals surface area contributed by atoms with Gasteiger partial charge in [-0.2, -0.15) is 0 Å². The fourth-order valence-electron chi connectivity index (χ4n) is 2.50. The van der Waals surface area contributed by atoms with E-state index in [0.29, 0.717) is 45.1 Å². The van der Waals surface area contributed by atoms with Crippen molar-refractivity contribution in [3.63, 3.8) is 0 Å². The zero-order chi connectivity index (χ0) is 21.1. The number of phenols is 1. The van der Waals surface area contributed by atoms with E-state index in [1.807, 2.05) is 0 Å². The molecule has 1 aliphatic rings. The molecule has 0 spiro atoms. The summed E-state index contributed by atoms with van der Waals surface area (Å²) in [5.74, 6) is -2.74. The van der Waals surface area contributed by atoms with Crippen LogP contribution in [0.5, 0.6) is 11.5 Å². The number of nitrogens with zero attached hydrogens (tertiary/aromatic N) is 1. The maximum absolute atomic E-state index is 12.0. The van der Waals surface area contributed by atoms with E-state index in [4.69, 9.17) is 19.3 Å². The van der Waals surface area contributed by atoms with E-state index in [2.05, 4.69) is 10.6 Å². The normalized spacial score (nSPS) is 14.7. The summed E-state index contributed by atoms with van der Waals surface area (Å²) < 4.78 is 15.5. The molecule has 1 aliphatic heterocycles. The van der Waals surface area contributed by atoms with Crippen LogP contribution in [0.25, 0.3) is 0 Å². The first-order chi connectivity index (χ1) is 14.0. The van der Waals surface area contributed by atoms with Crippen LogP contribution in [-0.4, -0.2) is 91.7 Å². The number of esters is 1. The van der Waals surface area contributed by atoms with E-state index in [1.54, 1.807) is 17.0 Å². The minimum absolute atomic E-state index is 0.00992. The molecule has 1 aromatic rings. The van der Waals surface area contributed by atoms with Gasteiger partial charge in [-0.15, -0.1) is 0 Å². The van der Waals surface area contributed by atoms with Crippen LogP contribution in [0.2, 0.25) is 0 Å². The van der Waals surface area contributed by atoms with Crippen molar-refractivity contribution in [3.8, 4) is 11.5 Å². The van der Waals surface area contributed by atoms with Gasteiger partial charge in [0.1, 0.15) is 24.2 Å². The molecular weight excluding hydrogens is 386 g/mol. The predicted molar refractivity (Wildman–Crippen MR) is 99.8 cm³/mol. The minimum Gasteiger partial charge on any atom is -0.508 e. The molecule has 11 nitrogen and oxygen atoms in total. The monoisotopic (exact) mass is 411 g/mol. The lowest BCUT2D eigenvalue weighted by atomic mass is 10.3. The van der Waals surface area contributed by atoms with E-state index in [-0.39, 0.29) is 24.9 Å². The quantitative estimate of drug-likeness (QED) is 0.238. The first-order valence-corrected chi connectivity index (χ1v) is 9.12. The van der Waals surface area contributed by atoms with Crippen LogP contribution < -0.4 is 15.4 Å². The molecule has 0 bridgehead atoms. The average molecular weight is 411 g/mol. The van der Waals surface area contributed by atoms with E-state index < -0.39 is 18.0 Å². The Labute approximate surface area is 167 Å². The summed E-state index contributed by atoms with van der Waals surface area (Å²) in [7, 11) is 0. The van der Waals surface area contributed by atoms with Gasteiger partial charge in [-0.3, -0.25) is 0 Å². The number of carboxylic acid groups (broad SMARTS) is 1. The Hall–Kier alpha value is -3.05. The highest BCUT2D eigenvalue weighted by atomic mass is 16.6. The first-order valence-electron chi connectivity index (χ1n) is 9.12. The van der Waals surface area contributed by atoms with E-state index >= 15 is 0 Å². The smallest absolute Gasteiger partial charge is 0.417 e. The molecular formula is C18H25N3O8. The number of hydrogen-bond donors (Lipinski definition) is 4. The molecule has 1 atom stereocenters. The van der Waals surface area contributed by atoms with Crippen molar-refractivity contribution in [1.29, 1.82) is 0 Å². The van der Waals surface area contributed by atoms with Crippen molar-refractivity contribution >= 4 is 18.0 Å².